The summed E-state index contributed by atoms with van der Waals surface area (Å²) in [5.41, 5.74) is 3.42. The first-order valence-corrected chi connectivity index (χ1v) is 12.2. The molecule has 0 spiro atoms. The maximum absolute atomic E-state index is 5.79. The molecule has 3 rings (SSSR count). The van der Waals surface area contributed by atoms with Gasteiger partial charge in [0.05, 0.1) is 20.4 Å². The van der Waals surface area contributed by atoms with Crippen molar-refractivity contribution in [3.8, 4) is 0 Å². The van der Waals surface area contributed by atoms with Crippen LogP contribution >= 0.6 is 19.4 Å². The van der Waals surface area contributed by atoms with E-state index in [0.717, 1.165) is 52.5 Å². The smallest absolute Gasteiger partial charge is 0.207 e. The number of nitrogens with zero attached hydrogens (tertiary/aromatic N) is 4. The van der Waals surface area contributed by atoms with E-state index in [9.17, 15) is 0 Å². The maximum Gasteiger partial charge on any atom is 0.207 e. The highest BCUT2D eigenvalue weighted by Crippen LogP contribution is 2.62. The molecule has 1 N–H and O–H groups in total. The summed E-state index contributed by atoms with van der Waals surface area (Å²) < 4.78 is 13.5. The van der Waals surface area contributed by atoms with Crippen molar-refractivity contribution in [3.63, 3.8) is 0 Å². The van der Waals surface area contributed by atoms with Crippen LogP contribution in [0.15, 0.2) is 35.1 Å². The summed E-state index contributed by atoms with van der Waals surface area (Å²) in [5.74, 6) is 0. The van der Waals surface area contributed by atoms with E-state index in [4.69, 9.17) is 21.7 Å². The van der Waals surface area contributed by atoms with Gasteiger partial charge in [-0.3, -0.25) is 10.1 Å². The Labute approximate surface area is 175 Å². The van der Waals surface area contributed by atoms with E-state index in [-0.39, 0.29) is 5.16 Å². The summed E-state index contributed by atoms with van der Waals surface area (Å²) in [6.45, 7) is 14.2. The van der Waals surface area contributed by atoms with Crippen molar-refractivity contribution in [1.29, 1.82) is 0 Å². The normalized spacial score (nSPS) is 22.4. The van der Waals surface area contributed by atoms with E-state index < -0.39 is 7.21 Å². The van der Waals surface area contributed by atoms with Crippen LogP contribution in [0.3, 0.4) is 0 Å². The molecule has 1 aromatic rings. The number of hydrazine groups is 1. The zero-order chi connectivity index (χ0) is 20.2. The fraction of sp³-hybridized carbons (Fsp3) is 0.650. The number of nitrogens with one attached hydrogen (secondary N) is 1. The average molecular weight is 424 g/mol. The largest absolute Gasteiger partial charge is 0.379 e. The second-order valence-electron chi connectivity index (χ2n) is 8.48. The molecule has 6 nitrogen and oxygen atoms in total. The third kappa shape index (κ3) is 4.84. The molecule has 0 aromatic heterocycles. The van der Waals surface area contributed by atoms with Gasteiger partial charge in [-0.2, -0.15) is 0 Å². The number of piperazine rings is 1. The van der Waals surface area contributed by atoms with Crippen molar-refractivity contribution >= 4 is 29.8 Å². The molecule has 0 amide bonds. The van der Waals surface area contributed by atoms with Crippen molar-refractivity contribution in [2.24, 2.45) is 4.74 Å². The Kier molecular flexibility index (Phi) is 7.29. The Bertz CT molecular complexity index is 707. The van der Waals surface area contributed by atoms with Gasteiger partial charge in [0.15, 0.2) is 0 Å². The Balaban J connectivity index is 1.99. The average Bonchev–Trinajstić information content (AvgIpc) is 2.68. The first kappa shape index (κ1) is 21.9. The minimum Gasteiger partial charge on any atom is -0.379 e. The molecule has 1 atom stereocenters. The van der Waals surface area contributed by atoms with Crippen LogP contribution in [0, 0.1) is 0 Å². The summed E-state index contributed by atoms with van der Waals surface area (Å²) in [4.78, 5) is 2.34. The minimum atomic E-state index is -2.11. The second-order valence-corrected chi connectivity index (χ2v) is 12.7. The SMILES string of the molecule is CN1CCN(NC(=S)N=[P@](c2ccccc2)(N2CCOCC2)C(C)(C)C)CC1. The molecule has 156 valence electrons. The van der Waals surface area contributed by atoms with E-state index in [1.807, 2.05) is 0 Å². The zero-order valence-electron chi connectivity index (χ0n) is 17.6. The number of ether oxygens (including phenoxy) is 1. The number of likely N-dealkylation sites (N-methyl/N-ethyl adjacent to an activating group) is 1. The predicted molar refractivity (Wildman–Crippen MR) is 122 cm³/mol. The predicted octanol–water partition coefficient (Wildman–Crippen LogP) is 2.60. The van der Waals surface area contributed by atoms with Gasteiger partial charge in [-0.1, -0.05) is 51.1 Å². The van der Waals surface area contributed by atoms with Crippen molar-refractivity contribution < 1.29 is 4.74 Å². The van der Waals surface area contributed by atoms with Gasteiger partial charge in [0, 0.05) is 49.7 Å². The Morgan fingerprint density at radius 2 is 1.64 bits per heavy atom. The van der Waals surface area contributed by atoms with Crippen LogP contribution in [0.4, 0.5) is 0 Å². The Morgan fingerprint density at radius 3 is 2.21 bits per heavy atom. The highest BCUT2D eigenvalue weighted by molar-refractivity contribution is 7.81. The molecule has 2 aliphatic heterocycles. The second kappa shape index (κ2) is 9.33. The van der Waals surface area contributed by atoms with Gasteiger partial charge < -0.3 is 9.64 Å². The van der Waals surface area contributed by atoms with Gasteiger partial charge in [-0.05, 0) is 19.3 Å². The number of morpholine rings is 1. The molecular weight excluding hydrogens is 389 g/mol. The Hall–Kier alpha value is -0.820. The summed E-state index contributed by atoms with van der Waals surface area (Å²) in [6, 6.07) is 10.7. The van der Waals surface area contributed by atoms with Gasteiger partial charge in [0.25, 0.3) is 0 Å². The molecule has 2 aliphatic rings. The maximum atomic E-state index is 5.79. The number of hydrogen-bond donors (Lipinski definition) is 1. The van der Waals surface area contributed by atoms with Crippen LogP contribution in [0.2, 0.25) is 0 Å². The fourth-order valence-corrected chi connectivity index (χ4v) is 8.55. The molecule has 0 bridgehead atoms. The molecule has 0 saturated carbocycles. The fourth-order valence-electron chi connectivity index (χ4n) is 3.93. The van der Waals surface area contributed by atoms with E-state index in [0.29, 0.717) is 5.11 Å². The van der Waals surface area contributed by atoms with Gasteiger partial charge in [0.1, 0.15) is 0 Å². The molecular formula is C20H34N5OPS. The van der Waals surface area contributed by atoms with Crippen molar-refractivity contribution in [3.05, 3.63) is 30.3 Å². The van der Waals surface area contributed by atoms with Gasteiger partial charge in [0.2, 0.25) is 5.11 Å². The first-order chi connectivity index (χ1) is 13.3. The highest BCUT2D eigenvalue weighted by atomic mass is 32.1. The summed E-state index contributed by atoms with van der Waals surface area (Å²) in [7, 11) is 0.0506. The molecule has 0 radical (unpaired) electrons. The van der Waals surface area contributed by atoms with Crippen LogP contribution in [-0.4, -0.2) is 84.4 Å². The summed E-state index contributed by atoms with van der Waals surface area (Å²) >= 11 is 5.79. The van der Waals surface area contributed by atoms with Gasteiger partial charge >= 0.3 is 0 Å². The lowest BCUT2D eigenvalue weighted by molar-refractivity contribution is 0.0737. The van der Waals surface area contributed by atoms with E-state index in [1.165, 1.54) is 5.30 Å². The van der Waals surface area contributed by atoms with Crippen LogP contribution in [-0.2, 0) is 4.74 Å². The van der Waals surface area contributed by atoms with Crippen molar-refractivity contribution in [2.75, 3.05) is 59.5 Å². The molecule has 8 heteroatoms. The van der Waals surface area contributed by atoms with E-state index in [2.05, 4.69) is 78.2 Å². The highest BCUT2D eigenvalue weighted by Gasteiger charge is 2.42. The van der Waals surface area contributed by atoms with Crippen molar-refractivity contribution in [1.82, 2.24) is 20.0 Å². The third-order valence-electron chi connectivity index (χ3n) is 5.44. The van der Waals surface area contributed by atoms with E-state index in [1.54, 1.807) is 0 Å². The third-order valence-corrected chi connectivity index (χ3v) is 10.4. The molecule has 2 fully saturated rings. The molecule has 0 unspecified atom stereocenters. The lowest BCUT2D eigenvalue weighted by Crippen LogP contribution is -2.52. The minimum absolute atomic E-state index is 0.0421. The van der Waals surface area contributed by atoms with Crippen LogP contribution in [0.25, 0.3) is 0 Å². The van der Waals surface area contributed by atoms with Crippen LogP contribution in [0.1, 0.15) is 20.8 Å². The number of hydrogen-bond acceptors (Lipinski definition) is 4. The lowest BCUT2D eigenvalue weighted by Gasteiger charge is -2.47. The van der Waals surface area contributed by atoms with E-state index >= 15 is 0 Å². The quantitative estimate of drug-likeness (QED) is 0.596. The zero-order valence-corrected chi connectivity index (χ0v) is 19.3. The lowest BCUT2D eigenvalue weighted by atomic mass is 10.3. The standard InChI is InChI=1S/C20H34N5OPS/c1-20(2,3)27(18-8-6-5-7-9-18,25-14-16-26-17-15-25)22-19(28)21-24-12-10-23(4)11-13-24/h5-9H,10-17H2,1-4H3,(H,21,28)/t27-/m1/s1. The molecule has 1 aromatic carbocycles. The number of rotatable bonds is 3. The number of thiocarbonyl (C=S) groups is 1. The van der Waals surface area contributed by atoms with Crippen molar-refractivity contribution in [2.45, 2.75) is 25.9 Å². The van der Waals surface area contributed by atoms with Crippen LogP contribution < -0.4 is 10.7 Å². The first-order valence-electron chi connectivity index (χ1n) is 10.1. The molecule has 2 saturated heterocycles. The monoisotopic (exact) mass is 423 g/mol. The van der Waals surface area contributed by atoms with Gasteiger partial charge in [-0.25, -0.2) is 9.75 Å². The van der Waals surface area contributed by atoms with Gasteiger partial charge in [-0.15, -0.1) is 0 Å². The topological polar surface area (TPSA) is 43.3 Å². The Morgan fingerprint density at radius 1 is 1.04 bits per heavy atom. The summed E-state index contributed by atoms with van der Waals surface area (Å²) in [6.07, 6.45) is 0. The molecule has 0 aliphatic carbocycles. The molecule has 28 heavy (non-hydrogen) atoms. The molecule has 2 heterocycles. The summed E-state index contributed by atoms with van der Waals surface area (Å²) in [5, 5.41) is 4.04. The number of benzene rings is 1. The van der Waals surface area contributed by atoms with Crippen LogP contribution in [0.5, 0.6) is 0 Å².